The minimum absolute atomic E-state index is 0.0347. The summed E-state index contributed by atoms with van der Waals surface area (Å²) in [5.41, 5.74) is 2.91. The summed E-state index contributed by atoms with van der Waals surface area (Å²) in [6.45, 7) is 1.96. The molecule has 0 spiro atoms. The molecule has 1 N–H and O–H groups in total. The van der Waals surface area contributed by atoms with E-state index >= 15 is 0 Å². The Morgan fingerprint density at radius 2 is 1.58 bits per heavy atom. The highest BCUT2D eigenvalue weighted by atomic mass is 35.5. The lowest BCUT2D eigenvalue weighted by Crippen LogP contribution is -2.40. The molecular weight excluding hydrogens is 527 g/mol. The molecule has 0 radical (unpaired) electrons. The molecule has 38 heavy (non-hydrogen) atoms. The summed E-state index contributed by atoms with van der Waals surface area (Å²) in [5.74, 6) is -0.130. The van der Waals surface area contributed by atoms with Crippen LogP contribution >= 0.6 is 11.6 Å². The lowest BCUT2D eigenvalue weighted by atomic mass is 10.2. The molecule has 0 saturated carbocycles. The Bertz CT molecular complexity index is 1490. The Labute approximate surface area is 226 Å². The first-order valence-corrected chi connectivity index (χ1v) is 13.6. The summed E-state index contributed by atoms with van der Waals surface area (Å²) in [5, 5.41) is 3.20. The third kappa shape index (κ3) is 7.12. The molecule has 4 aromatic carbocycles. The van der Waals surface area contributed by atoms with Gasteiger partial charge < -0.3 is 10.1 Å². The summed E-state index contributed by atoms with van der Waals surface area (Å²) >= 11 is 5.93. The monoisotopic (exact) mass is 552 g/mol. The van der Waals surface area contributed by atoms with Crippen LogP contribution in [0, 0.1) is 12.7 Å². The average Bonchev–Trinajstić information content (AvgIpc) is 2.91. The van der Waals surface area contributed by atoms with E-state index in [0.29, 0.717) is 23.1 Å². The molecule has 0 aromatic heterocycles. The number of carbonyl (C=O) groups is 1. The van der Waals surface area contributed by atoms with Crippen LogP contribution in [-0.2, 0) is 28.0 Å². The molecule has 0 saturated heterocycles. The first-order chi connectivity index (χ1) is 18.2. The second kappa shape index (κ2) is 12.1. The number of carbonyl (C=O) groups excluding carboxylic acids is 1. The summed E-state index contributed by atoms with van der Waals surface area (Å²) in [6, 6.07) is 26.0. The third-order valence-electron chi connectivity index (χ3n) is 5.71. The van der Waals surface area contributed by atoms with Gasteiger partial charge in [-0.3, -0.25) is 9.10 Å². The fraction of sp³-hybridized carbons (Fsp3) is 0.138. The van der Waals surface area contributed by atoms with Crippen molar-refractivity contribution in [2.75, 3.05) is 10.8 Å². The number of rotatable bonds is 10. The van der Waals surface area contributed by atoms with E-state index in [4.69, 9.17) is 16.3 Å². The van der Waals surface area contributed by atoms with Gasteiger partial charge in [0.1, 0.15) is 24.7 Å². The summed E-state index contributed by atoms with van der Waals surface area (Å²) in [4.78, 5) is 12.9. The highest BCUT2D eigenvalue weighted by Crippen LogP contribution is 2.25. The second-order valence-electron chi connectivity index (χ2n) is 8.64. The predicted octanol–water partition coefficient (Wildman–Crippen LogP) is 5.88. The number of sulfonamides is 1. The quantitative estimate of drug-likeness (QED) is 0.267. The van der Waals surface area contributed by atoms with E-state index in [2.05, 4.69) is 5.32 Å². The van der Waals surface area contributed by atoms with Gasteiger partial charge in [0.05, 0.1) is 10.6 Å². The number of benzene rings is 4. The van der Waals surface area contributed by atoms with Crippen molar-refractivity contribution in [1.82, 2.24) is 5.32 Å². The molecule has 0 heterocycles. The van der Waals surface area contributed by atoms with Crippen LogP contribution in [0.15, 0.2) is 102 Å². The van der Waals surface area contributed by atoms with Gasteiger partial charge in [0.25, 0.3) is 10.0 Å². The maximum absolute atomic E-state index is 13.5. The Hall–Kier alpha value is -3.88. The van der Waals surface area contributed by atoms with Crippen LogP contribution in [-0.4, -0.2) is 20.9 Å². The highest BCUT2D eigenvalue weighted by molar-refractivity contribution is 7.92. The van der Waals surface area contributed by atoms with Gasteiger partial charge in [-0.2, -0.15) is 0 Å². The predicted molar refractivity (Wildman–Crippen MR) is 146 cm³/mol. The molecule has 0 aliphatic carbocycles. The van der Waals surface area contributed by atoms with Crippen molar-refractivity contribution < 1.29 is 22.3 Å². The van der Waals surface area contributed by atoms with E-state index in [9.17, 15) is 17.6 Å². The molecule has 0 unspecified atom stereocenters. The normalized spacial score (nSPS) is 11.1. The van der Waals surface area contributed by atoms with Crippen LogP contribution in [0.3, 0.4) is 0 Å². The maximum Gasteiger partial charge on any atom is 0.264 e. The first-order valence-electron chi connectivity index (χ1n) is 11.8. The molecule has 0 fully saturated rings. The Morgan fingerprint density at radius 1 is 0.921 bits per heavy atom. The van der Waals surface area contributed by atoms with Gasteiger partial charge in [-0.25, -0.2) is 12.8 Å². The van der Waals surface area contributed by atoms with Crippen molar-refractivity contribution in [3.8, 4) is 5.75 Å². The third-order valence-corrected chi connectivity index (χ3v) is 7.75. The molecule has 0 aliphatic heterocycles. The zero-order chi connectivity index (χ0) is 27.1. The minimum Gasteiger partial charge on any atom is -0.489 e. The molecular formula is C29H26ClFN2O4S. The fourth-order valence-electron chi connectivity index (χ4n) is 3.67. The average molecular weight is 553 g/mol. The zero-order valence-electron chi connectivity index (χ0n) is 20.6. The van der Waals surface area contributed by atoms with Crippen LogP contribution in [0.25, 0.3) is 0 Å². The van der Waals surface area contributed by atoms with Crippen LogP contribution in [0.2, 0.25) is 5.02 Å². The lowest BCUT2D eigenvalue weighted by Gasteiger charge is -2.24. The van der Waals surface area contributed by atoms with E-state index in [1.54, 1.807) is 42.5 Å². The number of amides is 1. The number of hydrogen-bond acceptors (Lipinski definition) is 4. The standard InChI is InChI=1S/C29H26ClFN2O4S/c1-21-3-2-4-26(17-21)33(38(35,36)28-15-9-24(30)10-16-28)19-29(34)32-18-22-7-13-27(14-8-22)37-20-23-5-11-25(31)12-6-23/h2-17H,18-20H2,1H3,(H,32,34). The van der Waals surface area contributed by atoms with E-state index in [1.165, 1.54) is 36.4 Å². The van der Waals surface area contributed by atoms with Crippen LogP contribution in [0.1, 0.15) is 16.7 Å². The molecule has 0 aliphatic rings. The molecule has 9 heteroatoms. The number of ether oxygens (including phenoxy) is 1. The Kier molecular flexibility index (Phi) is 8.66. The van der Waals surface area contributed by atoms with Crippen molar-refractivity contribution in [1.29, 1.82) is 0 Å². The lowest BCUT2D eigenvalue weighted by molar-refractivity contribution is -0.119. The number of nitrogens with zero attached hydrogens (tertiary/aromatic N) is 1. The largest absolute Gasteiger partial charge is 0.489 e. The molecule has 6 nitrogen and oxygen atoms in total. The van der Waals surface area contributed by atoms with Crippen LogP contribution in [0.5, 0.6) is 5.75 Å². The molecule has 196 valence electrons. The SMILES string of the molecule is Cc1cccc(N(CC(=O)NCc2ccc(OCc3ccc(F)cc3)cc2)S(=O)(=O)c2ccc(Cl)cc2)c1. The van der Waals surface area contributed by atoms with Crippen molar-refractivity contribution >= 4 is 33.2 Å². The molecule has 4 aromatic rings. The van der Waals surface area contributed by atoms with Crippen LogP contribution in [0.4, 0.5) is 10.1 Å². The van der Waals surface area contributed by atoms with Gasteiger partial charge in [-0.05, 0) is 84.3 Å². The molecule has 4 rings (SSSR count). The minimum atomic E-state index is -4.03. The summed E-state index contributed by atoms with van der Waals surface area (Å²) < 4.78 is 46.8. The van der Waals surface area contributed by atoms with Gasteiger partial charge in [0.2, 0.25) is 5.91 Å². The van der Waals surface area contributed by atoms with Gasteiger partial charge in [-0.15, -0.1) is 0 Å². The van der Waals surface area contributed by atoms with E-state index < -0.39 is 22.5 Å². The smallest absolute Gasteiger partial charge is 0.264 e. The van der Waals surface area contributed by atoms with Gasteiger partial charge >= 0.3 is 0 Å². The number of halogens is 2. The maximum atomic E-state index is 13.5. The van der Waals surface area contributed by atoms with E-state index in [-0.39, 0.29) is 17.3 Å². The summed E-state index contributed by atoms with van der Waals surface area (Å²) in [7, 11) is -4.03. The number of nitrogens with one attached hydrogen (secondary N) is 1. The highest BCUT2D eigenvalue weighted by Gasteiger charge is 2.27. The molecule has 0 atom stereocenters. The second-order valence-corrected chi connectivity index (χ2v) is 10.9. The first kappa shape index (κ1) is 27.2. The zero-order valence-corrected chi connectivity index (χ0v) is 22.2. The molecule has 1 amide bonds. The Balaban J connectivity index is 1.40. The summed E-state index contributed by atoms with van der Waals surface area (Å²) in [6.07, 6.45) is 0. The van der Waals surface area contributed by atoms with Crippen molar-refractivity contribution in [2.45, 2.75) is 25.0 Å². The Morgan fingerprint density at radius 3 is 2.24 bits per heavy atom. The van der Waals surface area contributed by atoms with Crippen molar-refractivity contribution in [3.05, 3.63) is 125 Å². The van der Waals surface area contributed by atoms with Crippen molar-refractivity contribution in [2.24, 2.45) is 0 Å². The van der Waals surface area contributed by atoms with Crippen molar-refractivity contribution in [3.63, 3.8) is 0 Å². The number of aryl methyl sites for hydroxylation is 1. The van der Waals surface area contributed by atoms with E-state index in [0.717, 1.165) is 21.0 Å². The van der Waals surface area contributed by atoms with Gasteiger partial charge in [0, 0.05) is 11.6 Å². The van der Waals surface area contributed by atoms with Crippen LogP contribution < -0.4 is 14.4 Å². The van der Waals surface area contributed by atoms with E-state index in [1.807, 2.05) is 25.1 Å². The van der Waals surface area contributed by atoms with Gasteiger partial charge in [0.15, 0.2) is 0 Å². The number of hydrogen-bond donors (Lipinski definition) is 1. The fourth-order valence-corrected chi connectivity index (χ4v) is 5.21. The number of anilines is 1. The van der Waals surface area contributed by atoms with Gasteiger partial charge in [-0.1, -0.05) is 48.0 Å². The molecule has 0 bridgehead atoms. The topological polar surface area (TPSA) is 75.7 Å².